The number of hydrogen-bond donors (Lipinski definition) is 1. The summed E-state index contributed by atoms with van der Waals surface area (Å²) in [7, 11) is 0. The first-order valence-corrected chi connectivity index (χ1v) is 7.58. The van der Waals surface area contributed by atoms with Crippen LogP contribution in [0.3, 0.4) is 0 Å². The second-order valence-electron chi connectivity index (χ2n) is 4.71. The highest BCUT2D eigenvalue weighted by atomic mass is 79.9. The molecule has 3 nitrogen and oxygen atoms in total. The molecule has 0 amide bonds. The van der Waals surface area contributed by atoms with E-state index in [4.69, 9.17) is 4.74 Å². The third kappa shape index (κ3) is 4.32. The first kappa shape index (κ1) is 15.0. The molecule has 1 heterocycles. The van der Waals surface area contributed by atoms with Gasteiger partial charge in [-0.2, -0.15) is 0 Å². The van der Waals surface area contributed by atoms with Crippen molar-refractivity contribution in [1.29, 1.82) is 0 Å². The first-order valence-electron chi connectivity index (χ1n) is 6.78. The number of pyridine rings is 1. The zero-order valence-corrected chi connectivity index (χ0v) is 13.4. The fourth-order valence-electron chi connectivity index (χ4n) is 1.88. The zero-order chi connectivity index (χ0) is 14.4. The molecule has 0 fully saturated rings. The molecule has 1 aromatic heterocycles. The average molecular weight is 335 g/mol. The Morgan fingerprint density at radius 1 is 1.30 bits per heavy atom. The van der Waals surface area contributed by atoms with E-state index < -0.39 is 0 Å². The smallest absolute Gasteiger partial charge is 0.223 e. The molecular weight excluding hydrogens is 316 g/mol. The van der Waals surface area contributed by atoms with Gasteiger partial charge in [0.2, 0.25) is 5.88 Å². The van der Waals surface area contributed by atoms with Gasteiger partial charge in [0, 0.05) is 22.8 Å². The maximum Gasteiger partial charge on any atom is 0.223 e. The summed E-state index contributed by atoms with van der Waals surface area (Å²) >= 11 is 3.46. The standard InChI is InChI=1S/C16H19BrN2O/c1-3-7-18-10-13-9-14(17)11-19-16(13)20-15-6-4-5-12(2)8-15/h4-6,8-9,11,18H,3,7,10H2,1-2H3. The van der Waals surface area contributed by atoms with E-state index in [-0.39, 0.29) is 0 Å². The van der Waals surface area contributed by atoms with E-state index >= 15 is 0 Å². The lowest BCUT2D eigenvalue weighted by Crippen LogP contribution is -2.14. The summed E-state index contributed by atoms with van der Waals surface area (Å²) in [5.74, 6) is 1.47. The van der Waals surface area contributed by atoms with Crippen molar-refractivity contribution in [2.45, 2.75) is 26.8 Å². The van der Waals surface area contributed by atoms with Crippen molar-refractivity contribution in [3.05, 3.63) is 52.1 Å². The van der Waals surface area contributed by atoms with E-state index in [1.54, 1.807) is 6.20 Å². The molecule has 2 rings (SSSR count). The zero-order valence-electron chi connectivity index (χ0n) is 11.8. The van der Waals surface area contributed by atoms with Crippen LogP contribution in [0, 0.1) is 6.92 Å². The Labute approximate surface area is 128 Å². The second kappa shape index (κ2) is 7.41. The third-order valence-corrected chi connectivity index (χ3v) is 3.27. The van der Waals surface area contributed by atoms with E-state index in [1.807, 2.05) is 37.3 Å². The normalized spacial score (nSPS) is 10.6. The molecule has 0 aliphatic heterocycles. The van der Waals surface area contributed by atoms with Crippen molar-refractivity contribution < 1.29 is 4.74 Å². The van der Waals surface area contributed by atoms with Crippen molar-refractivity contribution in [2.75, 3.05) is 6.54 Å². The minimum absolute atomic E-state index is 0.655. The number of aryl methyl sites for hydroxylation is 1. The van der Waals surface area contributed by atoms with Crippen molar-refractivity contribution in [3.63, 3.8) is 0 Å². The molecule has 0 saturated heterocycles. The average Bonchev–Trinajstić information content (AvgIpc) is 2.42. The molecule has 2 aromatic rings. The third-order valence-electron chi connectivity index (χ3n) is 2.84. The lowest BCUT2D eigenvalue weighted by molar-refractivity contribution is 0.452. The lowest BCUT2D eigenvalue weighted by Gasteiger charge is -2.11. The van der Waals surface area contributed by atoms with Crippen LogP contribution >= 0.6 is 15.9 Å². The molecule has 106 valence electrons. The molecule has 0 bridgehead atoms. The molecule has 0 saturated carbocycles. The Hall–Kier alpha value is -1.39. The molecule has 0 unspecified atom stereocenters. The number of ether oxygens (including phenoxy) is 1. The van der Waals surface area contributed by atoms with Gasteiger partial charge in [0.05, 0.1) is 0 Å². The Morgan fingerprint density at radius 3 is 2.90 bits per heavy atom. The Balaban J connectivity index is 2.17. The van der Waals surface area contributed by atoms with Crippen molar-refractivity contribution >= 4 is 15.9 Å². The maximum absolute atomic E-state index is 5.90. The summed E-state index contributed by atoms with van der Waals surface area (Å²) in [5, 5.41) is 3.38. The van der Waals surface area contributed by atoms with Gasteiger partial charge in [0.15, 0.2) is 0 Å². The van der Waals surface area contributed by atoms with Gasteiger partial charge in [-0.15, -0.1) is 0 Å². The monoisotopic (exact) mass is 334 g/mol. The molecule has 0 atom stereocenters. The minimum Gasteiger partial charge on any atom is -0.439 e. The van der Waals surface area contributed by atoms with E-state index in [0.717, 1.165) is 35.3 Å². The number of halogens is 1. The topological polar surface area (TPSA) is 34.2 Å². The van der Waals surface area contributed by atoms with Crippen molar-refractivity contribution in [2.24, 2.45) is 0 Å². The molecule has 0 spiro atoms. The second-order valence-corrected chi connectivity index (χ2v) is 5.63. The first-order chi connectivity index (χ1) is 9.69. The molecular formula is C16H19BrN2O. The summed E-state index contributed by atoms with van der Waals surface area (Å²) in [6, 6.07) is 10.0. The summed E-state index contributed by atoms with van der Waals surface area (Å²) in [6.45, 7) is 5.93. The largest absolute Gasteiger partial charge is 0.439 e. The molecule has 4 heteroatoms. The van der Waals surface area contributed by atoms with Crippen LogP contribution in [0.5, 0.6) is 11.6 Å². The van der Waals surface area contributed by atoms with Gasteiger partial charge in [0.25, 0.3) is 0 Å². The highest BCUT2D eigenvalue weighted by molar-refractivity contribution is 9.10. The summed E-state index contributed by atoms with van der Waals surface area (Å²) in [5.41, 5.74) is 2.22. The molecule has 0 radical (unpaired) electrons. The molecule has 1 aromatic carbocycles. The molecule has 20 heavy (non-hydrogen) atoms. The lowest BCUT2D eigenvalue weighted by atomic mass is 10.2. The van der Waals surface area contributed by atoms with Gasteiger partial charge in [-0.1, -0.05) is 19.1 Å². The fraction of sp³-hybridized carbons (Fsp3) is 0.312. The molecule has 0 aliphatic carbocycles. The van der Waals surface area contributed by atoms with Crippen LogP contribution in [-0.4, -0.2) is 11.5 Å². The maximum atomic E-state index is 5.90. The summed E-state index contributed by atoms with van der Waals surface area (Å²) < 4.78 is 6.86. The number of aromatic nitrogens is 1. The summed E-state index contributed by atoms with van der Waals surface area (Å²) in [6.07, 6.45) is 2.87. The Morgan fingerprint density at radius 2 is 2.15 bits per heavy atom. The van der Waals surface area contributed by atoms with Crippen LogP contribution < -0.4 is 10.1 Å². The predicted octanol–water partition coefficient (Wildman–Crippen LogP) is 4.44. The molecule has 0 aliphatic rings. The quantitative estimate of drug-likeness (QED) is 0.792. The van der Waals surface area contributed by atoms with Crippen molar-refractivity contribution in [3.8, 4) is 11.6 Å². The minimum atomic E-state index is 0.655. The van der Waals surface area contributed by atoms with E-state index in [0.29, 0.717) is 5.88 Å². The number of nitrogens with one attached hydrogen (secondary N) is 1. The van der Waals surface area contributed by atoms with Gasteiger partial charge < -0.3 is 10.1 Å². The predicted molar refractivity (Wildman–Crippen MR) is 85.2 cm³/mol. The highest BCUT2D eigenvalue weighted by Gasteiger charge is 2.07. The molecule has 1 N–H and O–H groups in total. The van der Waals surface area contributed by atoms with E-state index in [2.05, 4.69) is 33.2 Å². The van der Waals surface area contributed by atoms with Crippen LogP contribution in [0.2, 0.25) is 0 Å². The van der Waals surface area contributed by atoms with Gasteiger partial charge in [-0.3, -0.25) is 0 Å². The van der Waals surface area contributed by atoms with Gasteiger partial charge in [-0.05, 0) is 59.6 Å². The number of hydrogen-bond acceptors (Lipinski definition) is 3. The SMILES string of the molecule is CCCNCc1cc(Br)cnc1Oc1cccc(C)c1. The van der Waals surface area contributed by atoms with Crippen LogP contribution in [0.1, 0.15) is 24.5 Å². The number of rotatable bonds is 6. The highest BCUT2D eigenvalue weighted by Crippen LogP contribution is 2.26. The van der Waals surface area contributed by atoms with Crippen LogP contribution in [0.25, 0.3) is 0 Å². The Kier molecular flexibility index (Phi) is 5.56. The summed E-state index contributed by atoms with van der Waals surface area (Å²) in [4.78, 5) is 4.37. The van der Waals surface area contributed by atoms with E-state index in [9.17, 15) is 0 Å². The number of nitrogens with zero attached hydrogens (tertiary/aromatic N) is 1. The fourth-order valence-corrected chi connectivity index (χ4v) is 2.26. The van der Waals surface area contributed by atoms with Crippen LogP contribution in [-0.2, 0) is 6.54 Å². The van der Waals surface area contributed by atoms with Crippen LogP contribution in [0.15, 0.2) is 41.0 Å². The van der Waals surface area contributed by atoms with Gasteiger partial charge >= 0.3 is 0 Å². The van der Waals surface area contributed by atoms with Crippen molar-refractivity contribution in [1.82, 2.24) is 10.3 Å². The van der Waals surface area contributed by atoms with Gasteiger partial charge in [-0.25, -0.2) is 4.98 Å². The Bertz CT molecular complexity index is 572. The van der Waals surface area contributed by atoms with E-state index in [1.165, 1.54) is 5.56 Å². The van der Waals surface area contributed by atoms with Crippen LogP contribution in [0.4, 0.5) is 0 Å². The number of benzene rings is 1. The van der Waals surface area contributed by atoms with Gasteiger partial charge in [0.1, 0.15) is 5.75 Å².